The Morgan fingerprint density at radius 1 is 0.667 bits per heavy atom. The molecule has 0 aromatic carbocycles. The van der Waals surface area contributed by atoms with Gasteiger partial charge in [-0.05, 0) is 32.1 Å². The van der Waals surface area contributed by atoms with Crippen LogP contribution in [-0.4, -0.2) is 55.2 Å². The van der Waals surface area contributed by atoms with Crippen LogP contribution in [0.3, 0.4) is 0 Å². The predicted molar refractivity (Wildman–Crippen MR) is 113 cm³/mol. The van der Waals surface area contributed by atoms with Crippen molar-refractivity contribution in [1.29, 1.82) is 0 Å². The fraction of sp³-hybridized carbons (Fsp3) is 0.750. The van der Waals surface area contributed by atoms with E-state index in [0.717, 1.165) is 12.8 Å². The van der Waals surface area contributed by atoms with Gasteiger partial charge in [-0.3, -0.25) is 24.0 Å². The number of primary amides is 1. The van der Waals surface area contributed by atoms with Gasteiger partial charge in [-0.15, -0.1) is 0 Å². The van der Waals surface area contributed by atoms with Gasteiger partial charge in [-0.25, -0.2) is 0 Å². The van der Waals surface area contributed by atoms with E-state index in [1.54, 1.807) is 0 Å². The number of unbranched alkanes of at least 4 members (excludes halogenated alkanes) is 1. The Morgan fingerprint density at radius 3 is 1.63 bits per heavy atom. The van der Waals surface area contributed by atoms with Crippen LogP contribution in [0.15, 0.2) is 0 Å². The van der Waals surface area contributed by atoms with Crippen molar-refractivity contribution in [2.45, 2.75) is 77.7 Å². The highest BCUT2D eigenvalue weighted by Gasteiger charge is 2.17. The minimum absolute atomic E-state index is 0.0619. The monoisotopic (exact) mass is 427 g/mol. The van der Waals surface area contributed by atoms with Crippen LogP contribution >= 0.6 is 0 Å². The number of nitrogens with two attached hydrogens (primary N) is 1. The first-order chi connectivity index (χ1) is 14.3. The van der Waals surface area contributed by atoms with Gasteiger partial charge in [0.25, 0.3) is 0 Å². The molecule has 30 heavy (non-hydrogen) atoms. The van der Waals surface area contributed by atoms with Gasteiger partial charge in [0, 0.05) is 45.3 Å². The third-order valence-electron chi connectivity index (χ3n) is 4.22. The first-order valence-corrected chi connectivity index (χ1v) is 10.7. The summed E-state index contributed by atoms with van der Waals surface area (Å²) in [5.74, 6) is -1.30. The summed E-state index contributed by atoms with van der Waals surface area (Å²) >= 11 is 0. The molecule has 1 unspecified atom stereocenters. The largest absolute Gasteiger partial charge is 0.368 e. The van der Waals surface area contributed by atoms with E-state index in [4.69, 9.17) is 5.73 Å². The molecule has 0 rings (SSSR count). The highest BCUT2D eigenvalue weighted by atomic mass is 16.2. The van der Waals surface area contributed by atoms with Crippen LogP contribution in [0.1, 0.15) is 71.6 Å². The van der Waals surface area contributed by atoms with Gasteiger partial charge in [0.1, 0.15) is 6.04 Å². The third-order valence-corrected chi connectivity index (χ3v) is 4.22. The average Bonchev–Trinajstić information content (AvgIpc) is 2.67. The fourth-order valence-electron chi connectivity index (χ4n) is 2.60. The molecule has 0 spiro atoms. The zero-order chi connectivity index (χ0) is 22.8. The minimum Gasteiger partial charge on any atom is -0.368 e. The smallest absolute Gasteiger partial charge is 0.239 e. The maximum atomic E-state index is 11.9. The van der Waals surface area contributed by atoms with Gasteiger partial charge in [0.05, 0.1) is 0 Å². The Bertz CT molecular complexity index is 568. The molecule has 0 saturated carbocycles. The Hall–Kier alpha value is -2.65. The summed E-state index contributed by atoms with van der Waals surface area (Å²) < 4.78 is 0. The van der Waals surface area contributed by atoms with E-state index in [0.29, 0.717) is 45.2 Å². The molecule has 0 aromatic heterocycles. The van der Waals surface area contributed by atoms with Crippen molar-refractivity contribution >= 4 is 29.5 Å². The molecule has 10 heteroatoms. The number of hydrogen-bond donors (Lipinski definition) is 5. The average molecular weight is 428 g/mol. The third kappa shape index (κ3) is 15.3. The summed E-state index contributed by atoms with van der Waals surface area (Å²) in [4.78, 5) is 57.8. The molecule has 0 radical (unpaired) electrons. The number of carbonyl (C=O) groups excluding carboxylic acids is 5. The van der Waals surface area contributed by atoms with E-state index >= 15 is 0 Å². The van der Waals surface area contributed by atoms with Gasteiger partial charge in [-0.2, -0.15) is 0 Å². The number of nitrogens with one attached hydrogen (secondary N) is 4. The maximum absolute atomic E-state index is 11.9. The lowest BCUT2D eigenvalue weighted by molar-refractivity contribution is -0.127. The number of carbonyl (C=O) groups is 5. The molecule has 0 saturated heterocycles. The van der Waals surface area contributed by atoms with Crippen LogP contribution in [0.2, 0.25) is 0 Å². The van der Waals surface area contributed by atoms with Crippen molar-refractivity contribution in [2.24, 2.45) is 5.73 Å². The molecule has 172 valence electrons. The zero-order valence-electron chi connectivity index (χ0n) is 18.2. The standard InChI is InChI=1S/C20H37N5O5/c1-3-7-16(26)23-13-10-18(28)22-12-6-5-9-15(20(21)30)25-19(29)11-14-24-17(27)8-4-2/h15H,3-14H2,1-2H3,(H2,21,30)(H,22,28)(H,23,26)(H,24,27)(H,25,29). The number of amides is 5. The van der Waals surface area contributed by atoms with Gasteiger partial charge in [-0.1, -0.05) is 13.8 Å². The lowest BCUT2D eigenvalue weighted by Gasteiger charge is -2.15. The zero-order valence-corrected chi connectivity index (χ0v) is 18.2. The molecule has 0 aliphatic heterocycles. The van der Waals surface area contributed by atoms with Crippen molar-refractivity contribution in [3.63, 3.8) is 0 Å². The molecule has 10 nitrogen and oxygen atoms in total. The second-order valence-electron chi connectivity index (χ2n) is 7.07. The molecular formula is C20H37N5O5. The summed E-state index contributed by atoms with van der Waals surface area (Å²) in [7, 11) is 0. The highest BCUT2D eigenvalue weighted by molar-refractivity contribution is 5.86. The molecular weight excluding hydrogens is 390 g/mol. The first-order valence-electron chi connectivity index (χ1n) is 10.7. The van der Waals surface area contributed by atoms with Crippen LogP contribution in [0.25, 0.3) is 0 Å². The van der Waals surface area contributed by atoms with Gasteiger partial charge in [0.2, 0.25) is 29.5 Å². The van der Waals surface area contributed by atoms with Gasteiger partial charge < -0.3 is 27.0 Å². The molecule has 0 aromatic rings. The molecule has 6 N–H and O–H groups in total. The Balaban J connectivity index is 3.94. The quantitative estimate of drug-likeness (QED) is 0.204. The molecule has 0 bridgehead atoms. The van der Waals surface area contributed by atoms with Crippen LogP contribution < -0.4 is 27.0 Å². The lowest BCUT2D eigenvalue weighted by atomic mass is 10.1. The van der Waals surface area contributed by atoms with E-state index in [1.807, 2.05) is 13.8 Å². The van der Waals surface area contributed by atoms with Crippen molar-refractivity contribution < 1.29 is 24.0 Å². The summed E-state index contributed by atoms with van der Waals surface area (Å²) in [5, 5.41) is 10.6. The molecule has 0 aliphatic rings. The molecule has 5 amide bonds. The number of rotatable bonds is 17. The lowest BCUT2D eigenvalue weighted by Crippen LogP contribution is -2.45. The van der Waals surface area contributed by atoms with E-state index in [9.17, 15) is 24.0 Å². The van der Waals surface area contributed by atoms with Crippen LogP contribution in [-0.2, 0) is 24.0 Å². The minimum atomic E-state index is -0.784. The van der Waals surface area contributed by atoms with E-state index in [2.05, 4.69) is 21.3 Å². The predicted octanol–water partition coefficient (Wildman–Crippen LogP) is -0.144. The fourth-order valence-corrected chi connectivity index (χ4v) is 2.60. The van der Waals surface area contributed by atoms with Crippen LogP contribution in [0.4, 0.5) is 0 Å². The SMILES string of the molecule is CCCC(=O)NCCC(=O)NCCCCC(NC(=O)CCNC(=O)CCC)C(N)=O. The van der Waals surface area contributed by atoms with Crippen LogP contribution in [0, 0.1) is 0 Å². The summed E-state index contributed by atoms with van der Waals surface area (Å²) in [6.45, 7) is 4.75. The van der Waals surface area contributed by atoms with Crippen molar-refractivity contribution in [3.05, 3.63) is 0 Å². The van der Waals surface area contributed by atoms with Gasteiger partial charge >= 0.3 is 0 Å². The topological polar surface area (TPSA) is 159 Å². The second kappa shape index (κ2) is 17.2. The van der Waals surface area contributed by atoms with E-state index in [-0.39, 0.29) is 43.0 Å². The Morgan fingerprint density at radius 2 is 1.13 bits per heavy atom. The summed E-state index contributed by atoms with van der Waals surface area (Å²) in [6, 6.07) is -0.784. The first kappa shape index (κ1) is 27.4. The van der Waals surface area contributed by atoms with Crippen molar-refractivity contribution in [2.75, 3.05) is 19.6 Å². The van der Waals surface area contributed by atoms with Crippen LogP contribution in [0.5, 0.6) is 0 Å². The normalized spacial score (nSPS) is 11.3. The van der Waals surface area contributed by atoms with Gasteiger partial charge in [0.15, 0.2) is 0 Å². The molecule has 0 fully saturated rings. The molecule has 1 atom stereocenters. The maximum Gasteiger partial charge on any atom is 0.239 e. The summed E-state index contributed by atoms with van der Waals surface area (Å²) in [5.41, 5.74) is 5.34. The highest BCUT2D eigenvalue weighted by Crippen LogP contribution is 2.01. The summed E-state index contributed by atoms with van der Waals surface area (Å²) in [6.07, 6.45) is 4.23. The van der Waals surface area contributed by atoms with Crippen molar-refractivity contribution in [1.82, 2.24) is 21.3 Å². The Labute approximate surface area is 178 Å². The van der Waals surface area contributed by atoms with E-state index in [1.165, 1.54) is 0 Å². The van der Waals surface area contributed by atoms with E-state index < -0.39 is 11.9 Å². The van der Waals surface area contributed by atoms with Crippen molar-refractivity contribution in [3.8, 4) is 0 Å². The Kier molecular flexibility index (Phi) is 15.7. The molecule has 0 heterocycles. The number of hydrogen-bond acceptors (Lipinski definition) is 5. The second-order valence-corrected chi connectivity index (χ2v) is 7.07. The molecule has 0 aliphatic carbocycles.